The zero-order chi connectivity index (χ0) is 14.0. The summed E-state index contributed by atoms with van der Waals surface area (Å²) in [7, 11) is 1.49. The van der Waals surface area contributed by atoms with E-state index in [1.807, 2.05) is 0 Å². The molecule has 0 aliphatic heterocycles. The van der Waals surface area contributed by atoms with Crippen LogP contribution in [0.3, 0.4) is 0 Å². The van der Waals surface area contributed by atoms with Crippen LogP contribution in [-0.2, 0) is 9.59 Å². The molecule has 2 atom stereocenters. The molecule has 1 aliphatic rings. The summed E-state index contributed by atoms with van der Waals surface area (Å²) in [5.74, 6) is -1.76. The molecule has 1 aromatic rings. The van der Waals surface area contributed by atoms with Gasteiger partial charge < -0.3 is 15.2 Å². The summed E-state index contributed by atoms with van der Waals surface area (Å²) in [6, 6.07) is 4.87. The van der Waals surface area contributed by atoms with Crippen molar-refractivity contribution in [3.8, 4) is 5.75 Å². The molecule has 2 N–H and O–H groups in total. The van der Waals surface area contributed by atoms with E-state index in [1.54, 1.807) is 18.2 Å². The number of methoxy groups -OCH3 is 1. The number of carbonyl (C=O) groups is 2. The maximum Gasteiger partial charge on any atom is 0.307 e. The van der Waals surface area contributed by atoms with Gasteiger partial charge in [0, 0.05) is 11.8 Å². The fraction of sp³-hybridized carbons (Fsp3) is 0.385. The summed E-state index contributed by atoms with van der Waals surface area (Å²) in [6.07, 6.45) is 1.16. The molecule has 0 aromatic heterocycles. The number of nitrogens with one attached hydrogen (secondary N) is 1. The van der Waals surface area contributed by atoms with Crippen molar-refractivity contribution >= 4 is 29.2 Å². The van der Waals surface area contributed by atoms with E-state index in [0.717, 1.165) is 0 Å². The van der Waals surface area contributed by atoms with Crippen LogP contribution >= 0.6 is 11.6 Å². The monoisotopic (exact) mass is 283 g/mol. The Hall–Kier alpha value is -1.75. The summed E-state index contributed by atoms with van der Waals surface area (Å²) < 4.78 is 5.05. The van der Waals surface area contributed by atoms with Gasteiger partial charge in [-0.2, -0.15) is 0 Å². The standard InChI is InChI=1S/C13H14ClNO4/c1-19-11-6-7(2-5-10(11)14)15-12(16)8-3-4-9(8)13(17)18/h2,5-6,8-9H,3-4H2,1H3,(H,15,16)(H,17,18). The third-order valence-electron chi connectivity index (χ3n) is 3.35. The van der Waals surface area contributed by atoms with Gasteiger partial charge in [0.15, 0.2) is 0 Å². The van der Waals surface area contributed by atoms with Crippen LogP contribution in [0.5, 0.6) is 5.75 Å². The molecule has 2 rings (SSSR count). The normalized spacial score (nSPS) is 21.4. The Kier molecular flexibility index (Phi) is 3.95. The van der Waals surface area contributed by atoms with E-state index in [1.165, 1.54) is 7.11 Å². The van der Waals surface area contributed by atoms with Crippen LogP contribution < -0.4 is 10.1 Å². The number of amides is 1. The van der Waals surface area contributed by atoms with Crippen molar-refractivity contribution in [3.63, 3.8) is 0 Å². The molecule has 1 fully saturated rings. The number of anilines is 1. The number of hydrogen-bond donors (Lipinski definition) is 2. The van der Waals surface area contributed by atoms with Crippen LogP contribution in [0, 0.1) is 11.8 Å². The lowest BCUT2D eigenvalue weighted by Gasteiger charge is -2.31. The zero-order valence-corrected chi connectivity index (χ0v) is 11.1. The first-order valence-electron chi connectivity index (χ1n) is 5.90. The van der Waals surface area contributed by atoms with Gasteiger partial charge in [0.1, 0.15) is 5.75 Å². The fourth-order valence-electron chi connectivity index (χ4n) is 2.08. The molecule has 5 nitrogen and oxygen atoms in total. The Morgan fingerprint density at radius 2 is 2.05 bits per heavy atom. The van der Waals surface area contributed by atoms with E-state index >= 15 is 0 Å². The average molecular weight is 284 g/mol. The fourth-order valence-corrected chi connectivity index (χ4v) is 2.28. The third kappa shape index (κ3) is 2.81. The summed E-state index contributed by atoms with van der Waals surface area (Å²) in [5.41, 5.74) is 0.544. The second kappa shape index (κ2) is 5.48. The smallest absolute Gasteiger partial charge is 0.307 e. The minimum Gasteiger partial charge on any atom is -0.495 e. The van der Waals surface area contributed by atoms with Crippen molar-refractivity contribution in [1.82, 2.24) is 0 Å². The predicted octanol–water partition coefficient (Wildman–Crippen LogP) is 2.40. The van der Waals surface area contributed by atoms with E-state index in [9.17, 15) is 9.59 Å². The van der Waals surface area contributed by atoms with Crippen molar-refractivity contribution in [2.45, 2.75) is 12.8 Å². The lowest BCUT2D eigenvalue weighted by atomic mass is 9.73. The number of aliphatic carboxylic acids is 1. The van der Waals surface area contributed by atoms with E-state index in [4.69, 9.17) is 21.4 Å². The summed E-state index contributed by atoms with van der Waals surface area (Å²) in [5, 5.41) is 12.1. The quantitative estimate of drug-likeness (QED) is 0.890. The van der Waals surface area contributed by atoms with Gasteiger partial charge in [0.2, 0.25) is 5.91 Å². The summed E-state index contributed by atoms with van der Waals surface area (Å²) in [4.78, 5) is 22.8. The summed E-state index contributed by atoms with van der Waals surface area (Å²) in [6.45, 7) is 0. The number of ether oxygens (including phenoxy) is 1. The number of hydrogen-bond acceptors (Lipinski definition) is 3. The molecular formula is C13H14ClNO4. The van der Waals surface area contributed by atoms with Gasteiger partial charge in [-0.3, -0.25) is 9.59 Å². The lowest BCUT2D eigenvalue weighted by Crippen LogP contribution is -2.41. The van der Waals surface area contributed by atoms with Crippen LogP contribution in [0.2, 0.25) is 5.02 Å². The van der Waals surface area contributed by atoms with Gasteiger partial charge in [-0.05, 0) is 25.0 Å². The first-order chi connectivity index (χ1) is 9.02. The van der Waals surface area contributed by atoms with E-state index in [-0.39, 0.29) is 5.91 Å². The van der Waals surface area contributed by atoms with E-state index < -0.39 is 17.8 Å². The lowest BCUT2D eigenvalue weighted by molar-refractivity contribution is -0.151. The highest BCUT2D eigenvalue weighted by atomic mass is 35.5. The van der Waals surface area contributed by atoms with Crippen molar-refractivity contribution in [2.75, 3.05) is 12.4 Å². The highest BCUT2D eigenvalue weighted by Crippen LogP contribution is 2.36. The molecule has 0 spiro atoms. The Balaban J connectivity index is 2.05. The van der Waals surface area contributed by atoms with Gasteiger partial charge >= 0.3 is 5.97 Å². The highest BCUT2D eigenvalue weighted by molar-refractivity contribution is 6.32. The van der Waals surface area contributed by atoms with Gasteiger partial charge in [-0.25, -0.2) is 0 Å². The number of carboxylic acid groups (broad SMARTS) is 1. The van der Waals surface area contributed by atoms with Crippen molar-refractivity contribution in [3.05, 3.63) is 23.2 Å². The first-order valence-corrected chi connectivity index (χ1v) is 6.28. The topological polar surface area (TPSA) is 75.6 Å². The molecule has 0 heterocycles. The Morgan fingerprint density at radius 1 is 1.37 bits per heavy atom. The zero-order valence-electron chi connectivity index (χ0n) is 10.4. The molecule has 0 radical (unpaired) electrons. The van der Waals surface area contributed by atoms with Gasteiger partial charge in [-0.15, -0.1) is 0 Å². The molecule has 0 saturated heterocycles. The minimum atomic E-state index is -0.917. The second-order valence-corrected chi connectivity index (χ2v) is 4.87. The molecule has 0 bridgehead atoms. The first kappa shape index (κ1) is 13.7. The van der Waals surface area contributed by atoms with Crippen LogP contribution in [0.25, 0.3) is 0 Å². The Bertz CT molecular complexity index is 517. The number of carboxylic acids is 1. The van der Waals surface area contributed by atoms with Crippen LogP contribution in [0.4, 0.5) is 5.69 Å². The number of halogens is 1. The maximum absolute atomic E-state index is 11.9. The maximum atomic E-state index is 11.9. The molecule has 102 valence electrons. The van der Waals surface area contributed by atoms with Crippen molar-refractivity contribution in [1.29, 1.82) is 0 Å². The number of benzene rings is 1. The van der Waals surface area contributed by atoms with Crippen LogP contribution in [-0.4, -0.2) is 24.1 Å². The molecule has 1 amide bonds. The molecule has 6 heteroatoms. The van der Waals surface area contributed by atoms with Crippen LogP contribution in [0.15, 0.2) is 18.2 Å². The van der Waals surface area contributed by atoms with Gasteiger partial charge in [0.05, 0.1) is 24.0 Å². The predicted molar refractivity (Wildman–Crippen MR) is 70.5 cm³/mol. The molecule has 1 aliphatic carbocycles. The number of rotatable bonds is 4. The molecular weight excluding hydrogens is 270 g/mol. The van der Waals surface area contributed by atoms with E-state index in [2.05, 4.69) is 5.32 Å². The Morgan fingerprint density at radius 3 is 2.58 bits per heavy atom. The Labute approximate surface area is 115 Å². The molecule has 1 aromatic carbocycles. The highest BCUT2D eigenvalue weighted by Gasteiger charge is 2.41. The minimum absolute atomic E-state index is 0.275. The summed E-state index contributed by atoms with van der Waals surface area (Å²) >= 11 is 5.88. The van der Waals surface area contributed by atoms with Gasteiger partial charge in [0.25, 0.3) is 0 Å². The average Bonchev–Trinajstić information content (AvgIpc) is 2.29. The van der Waals surface area contributed by atoms with Gasteiger partial charge in [-0.1, -0.05) is 11.6 Å². The second-order valence-electron chi connectivity index (χ2n) is 4.47. The molecule has 1 saturated carbocycles. The van der Waals surface area contributed by atoms with Crippen LogP contribution in [0.1, 0.15) is 12.8 Å². The largest absolute Gasteiger partial charge is 0.495 e. The third-order valence-corrected chi connectivity index (χ3v) is 3.66. The van der Waals surface area contributed by atoms with Crippen molar-refractivity contribution < 1.29 is 19.4 Å². The van der Waals surface area contributed by atoms with E-state index in [0.29, 0.717) is 29.3 Å². The number of carbonyl (C=O) groups excluding carboxylic acids is 1. The SMILES string of the molecule is COc1cc(NC(=O)C2CCC2C(=O)O)ccc1Cl. The molecule has 2 unspecified atom stereocenters. The van der Waals surface area contributed by atoms with Crippen molar-refractivity contribution in [2.24, 2.45) is 11.8 Å². The molecule has 19 heavy (non-hydrogen) atoms.